The van der Waals surface area contributed by atoms with Crippen LogP contribution in [-0.2, 0) is 4.79 Å². The maximum Gasteiger partial charge on any atom is 0.237 e. The molecule has 1 heterocycles. The van der Waals surface area contributed by atoms with Gasteiger partial charge in [-0.15, -0.1) is 5.10 Å². The zero-order valence-electron chi connectivity index (χ0n) is 14.1. The second kappa shape index (κ2) is 7.25. The monoisotopic (exact) mass is 347 g/mol. The first kappa shape index (κ1) is 16.1. The normalized spacial score (nSPS) is 21.8. The lowest BCUT2D eigenvalue weighted by Gasteiger charge is -2.27. The molecule has 2 fully saturated rings. The summed E-state index contributed by atoms with van der Waals surface area (Å²) in [6.45, 7) is 0. The van der Waals surface area contributed by atoms with Crippen LogP contribution in [0.1, 0.15) is 70.3 Å². The number of hydrogen-bond donors (Lipinski definition) is 0. The third-order valence-corrected chi connectivity index (χ3v) is 6.13. The summed E-state index contributed by atoms with van der Waals surface area (Å²) in [6.07, 6.45) is 14.0. The van der Waals surface area contributed by atoms with Gasteiger partial charge in [-0.05, 0) is 61.8 Å². The number of carbonyl (C=O) groups excluding carboxylic acids is 1. The van der Waals surface area contributed by atoms with Crippen LogP contribution in [0.15, 0.2) is 16.9 Å². The Morgan fingerprint density at radius 2 is 2.04 bits per heavy atom. The molecule has 3 aliphatic rings. The minimum absolute atomic E-state index is 0.219. The van der Waals surface area contributed by atoms with Gasteiger partial charge in [-0.25, -0.2) is 4.68 Å². The molecule has 0 unspecified atom stereocenters. The maximum atomic E-state index is 12.8. The average Bonchev–Trinajstić information content (AvgIpc) is 3.11. The molecule has 1 amide bonds. The third kappa shape index (κ3) is 3.50. The fourth-order valence-corrected chi connectivity index (χ4v) is 4.63. The Bertz CT molecular complexity index is 618. The number of hydrogen-bond acceptors (Lipinski definition) is 5. The fraction of sp³-hybridized carbons (Fsp3) is 0.765. The molecule has 0 atom stereocenters. The number of carbonyl (C=O) groups is 1. The Hall–Kier alpha value is -1.37. The molecule has 130 valence electrons. The Morgan fingerprint density at radius 3 is 2.75 bits per heavy atom. The van der Waals surface area contributed by atoms with E-state index in [1.165, 1.54) is 43.1 Å². The number of allylic oxidation sites excluding steroid dienone is 2. The van der Waals surface area contributed by atoms with Crippen molar-refractivity contribution in [1.29, 1.82) is 0 Å². The lowest BCUT2D eigenvalue weighted by Crippen LogP contribution is -2.34. The maximum absolute atomic E-state index is 12.8. The van der Waals surface area contributed by atoms with Crippen molar-refractivity contribution >= 4 is 17.7 Å². The fourth-order valence-electron chi connectivity index (χ4n) is 3.83. The molecule has 7 heteroatoms. The van der Waals surface area contributed by atoms with Crippen molar-refractivity contribution in [2.45, 2.75) is 81.4 Å². The first-order valence-electron chi connectivity index (χ1n) is 9.24. The van der Waals surface area contributed by atoms with Crippen LogP contribution in [-0.4, -0.2) is 42.8 Å². The van der Waals surface area contributed by atoms with Crippen LogP contribution in [0.4, 0.5) is 0 Å². The van der Waals surface area contributed by atoms with Gasteiger partial charge in [0, 0.05) is 11.7 Å². The van der Waals surface area contributed by atoms with E-state index in [2.05, 4.69) is 26.5 Å². The Balaban J connectivity index is 1.40. The van der Waals surface area contributed by atoms with Crippen molar-refractivity contribution in [2.75, 3.05) is 5.75 Å². The van der Waals surface area contributed by atoms with Crippen LogP contribution in [0, 0.1) is 0 Å². The van der Waals surface area contributed by atoms with Gasteiger partial charge in [-0.3, -0.25) is 4.79 Å². The van der Waals surface area contributed by atoms with Crippen LogP contribution in [0.5, 0.6) is 0 Å². The van der Waals surface area contributed by atoms with Gasteiger partial charge in [-0.2, -0.15) is 0 Å². The second-order valence-corrected chi connectivity index (χ2v) is 8.01. The Morgan fingerprint density at radius 1 is 1.21 bits per heavy atom. The quantitative estimate of drug-likeness (QED) is 0.739. The van der Waals surface area contributed by atoms with Crippen LogP contribution in [0.3, 0.4) is 0 Å². The summed E-state index contributed by atoms with van der Waals surface area (Å²) in [5.41, 5.74) is 1.25. The Kier molecular flexibility index (Phi) is 4.87. The highest BCUT2D eigenvalue weighted by atomic mass is 32.2. The summed E-state index contributed by atoms with van der Waals surface area (Å²) >= 11 is 1.49. The SMILES string of the molecule is O=C(CSc1nnnn1C1CCCC1)N(C1=CCCCC1)C1CC1. The lowest BCUT2D eigenvalue weighted by molar-refractivity contribution is -0.127. The van der Waals surface area contributed by atoms with E-state index < -0.39 is 0 Å². The first-order valence-corrected chi connectivity index (χ1v) is 10.2. The van der Waals surface area contributed by atoms with Gasteiger partial charge in [-0.1, -0.05) is 30.7 Å². The van der Waals surface area contributed by atoms with E-state index in [0.717, 1.165) is 43.7 Å². The highest BCUT2D eigenvalue weighted by Gasteiger charge is 2.35. The van der Waals surface area contributed by atoms with Crippen molar-refractivity contribution in [3.63, 3.8) is 0 Å². The lowest BCUT2D eigenvalue weighted by atomic mass is 10.0. The van der Waals surface area contributed by atoms with Gasteiger partial charge < -0.3 is 4.90 Å². The summed E-state index contributed by atoms with van der Waals surface area (Å²) < 4.78 is 1.94. The molecule has 0 radical (unpaired) electrons. The zero-order valence-corrected chi connectivity index (χ0v) is 14.9. The summed E-state index contributed by atoms with van der Waals surface area (Å²) in [7, 11) is 0. The number of tetrazole rings is 1. The Labute approximate surface area is 147 Å². The third-order valence-electron chi connectivity index (χ3n) is 5.22. The van der Waals surface area contributed by atoms with E-state index in [-0.39, 0.29) is 5.91 Å². The molecule has 0 aliphatic heterocycles. The van der Waals surface area contributed by atoms with Crippen LogP contribution >= 0.6 is 11.8 Å². The highest BCUT2D eigenvalue weighted by Crippen LogP contribution is 2.35. The summed E-state index contributed by atoms with van der Waals surface area (Å²) in [6, 6.07) is 0.853. The highest BCUT2D eigenvalue weighted by molar-refractivity contribution is 7.99. The molecular weight excluding hydrogens is 322 g/mol. The number of aromatic nitrogens is 4. The van der Waals surface area contributed by atoms with Gasteiger partial charge in [0.2, 0.25) is 11.1 Å². The van der Waals surface area contributed by atoms with E-state index in [0.29, 0.717) is 17.8 Å². The van der Waals surface area contributed by atoms with Gasteiger partial charge in [0.05, 0.1) is 11.8 Å². The van der Waals surface area contributed by atoms with Crippen molar-refractivity contribution in [2.24, 2.45) is 0 Å². The first-order chi connectivity index (χ1) is 11.8. The minimum atomic E-state index is 0.219. The minimum Gasteiger partial charge on any atom is -0.313 e. The molecule has 4 rings (SSSR count). The topological polar surface area (TPSA) is 63.9 Å². The molecule has 2 saturated carbocycles. The van der Waals surface area contributed by atoms with Crippen LogP contribution < -0.4 is 0 Å². The zero-order chi connectivity index (χ0) is 16.4. The van der Waals surface area contributed by atoms with Gasteiger partial charge in [0.25, 0.3) is 0 Å². The molecule has 1 aromatic heterocycles. The van der Waals surface area contributed by atoms with Gasteiger partial charge in [0.15, 0.2) is 0 Å². The molecule has 0 spiro atoms. The largest absolute Gasteiger partial charge is 0.313 e. The average molecular weight is 347 g/mol. The van der Waals surface area contributed by atoms with E-state index in [4.69, 9.17) is 0 Å². The van der Waals surface area contributed by atoms with E-state index in [9.17, 15) is 4.79 Å². The predicted octanol–water partition coefficient (Wildman–Crippen LogP) is 3.33. The number of nitrogens with zero attached hydrogens (tertiary/aromatic N) is 5. The van der Waals surface area contributed by atoms with Crippen LogP contribution in [0.25, 0.3) is 0 Å². The summed E-state index contributed by atoms with van der Waals surface area (Å²) in [5.74, 6) is 0.651. The number of amides is 1. The van der Waals surface area contributed by atoms with E-state index >= 15 is 0 Å². The van der Waals surface area contributed by atoms with Crippen molar-refractivity contribution in [3.05, 3.63) is 11.8 Å². The molecular formula is C17H25N5OS. The molecule has 0 N–H and O–H groups in total. The predicted molar refractivity (Wildman–Crippen MR) is 92.5 cm³/mol. The van der Waals surface area contributed by atoms with E-state index in [1.54, 1.807) is 0 Å². The standard InChI is InChI=1S/C17H25N5OS/c23-16(21(14-10-11-14)13-6-2-1-3-7-13)12-24-17-18-19-20-22(17)15-8-4-5-9-15/h6,14-15H,1-5,7-12H2. The van der Waals surface area contributed by atoms with E-state index in [1.807, 2.05) is 4.68 Å². The molecule has 3 aliphatic carbocycles. The van der Waals surface area contributed by atoms with Crippen molar-refractivity contribution in [1.82, 2.24) is 25.1 Å². The van der Waals surface area contributed by atoms with Crippen molar-refractivity contribution < 1.29 is 4.79 Å². The number of rotatable bonds is 6. The molecule has 0 saturated heterocycles. The summed E-state index contributed by atoms with van der Waals surface area (Å²) in [4.78, 5) is 14.9. The molecule has 0 bridgehead atoms. The van der Waals surface area contributed by atoms with Crippen LogP contribution in [0.2, 0.25) is 0 Å². The van der Waals surface area contributed by atoms with Crippen molar-refractivity contribution in [3.8, 4) is 0 Å². The van der Waals surface area contributed by atoms with Gasteiger partial charge >= 0.3 is 0 Å². The molecule has 6 nitrogen and oxygen atoms in total. The number of thioether (sulfide) groups is 1. The second-order valence-electron chi connectivity index (χ2n) is 7.07. The molecule has 1 aromatic rings. The summed E-state index contributed by atoms with van der Waals surface area (Å²) in [5, 5.41) is 12.9. The smallest absolute Gasteiger partial charge is 0.237 e. The molecule has 0 aromatic carbocycles. The van der Waals surface area contributed by atoms with Gasteiger partial charge in [0.1, 0.15) is 0 Å². The molecule has 24 heavy (non-hydrogen) atoms.